The monoisotopic (exact) mass is 295 g/mol. The van der Waals surface area contributed by atoms with E-state index in [0.29, 0.717) is 18.0 Å². The molecule has 1 amide bonds. The lowest BCUT2D eigenvalue weighted by Crippen LogP contribution is -2.50. The number of hydrogen-bond donors (Lipinski definition) is 1. The van der Waals surface area contributed by atoms with E-state index in [9.17, 15) is 14.3 Å². The number of halogens is 1. The smallest absolute Gasteiger partial charge is 0.227 e. The third-order valence-corrected chi connectivity index (χ3v) is 4.19. The summed E-state index contributed by atoms with van der Waals surface area (Å²) in [6.07, 6.45) is 2.11. The second-order valence-corrected chi connectivity index (χ2v) is 5.60. The van der Waals surface area contributed by atoms with Crippen LogP contribution in [0.15, 0.2) is 18.2 Å². The largest absolute Gasteiger partial charge is 0.494 e. The lowest BCUT2D eigenvalue weighted by molar-refractivity contribution is -0.136. The van der Waals surface area contributed by atoms with Gasteiger partial charge in [0.2, 0.25) is 5.91 Å². The number of methoxy groups -OCH3 is 1. The van der Waals surface area contributed by atoms with Crippen molar-refractivity contribution in [3.8, 4) is 5.75 Å². The highest BCUT2D eigenvalue weighted by molar-refractivity contribution is 5.79. The summed E-state index contributed by atoms with van der Waals surface area (Å²) in [6, 6.07) is 4.42. The van der Waals surface area contributed by atoms with Gasteiger partial charge < -0.3 is 14.7 Å². The van der Waals surface area contributed by atoms with Crippen LogP contribution >= 0.6 is 0 Å². The molecule has 5 heteroatoms. The summed E-state index contributed by atoms with van der Waals surface area (Å²) in [5.74, 6) is -0.0648. The molecule has 1 aromatic rings. The van der Waals surface area contributed by atoms with Crippen LogP contribution < -0.4 is 4.74 Å². The zero-order valence-corrected chi connectivity index (χ0v) is 12.5. The van der Waals surface area contributed by atoms with Gasteiger partial charge in [-0.2, -0.15) is 0 Å². The number of nitrogens with zero attached hydrogens (tertiary/aromatic N) is 1. The maximum absolute atomic E-state index is 13.7. The molecule has 0 spiro atoms. The van der Waals surface area contributed by atoms with Crippen molar-refractivity contribution < 1.29 is 19.0 Å². The Kier molecular flexibility index (Phi) is 5.17. The topological polar surface area (TPSA) is 49.8 Å². The van der Waals surface area contributed by atoms with Crippen LogP contribution in [-0.4, -0.2) is 42.2 Å². The lowest BCUT2D eigenvalue weighted by Gasteiger charge is -2.39. The molecule has 1 fully saturated rings. The fourth-order valence-corrected chi connectivity index (χ4v) is 2.93. The van der Waals surface area contributed by atoms with E-state index >= 15 is 0 Å². The molecule has 0 aromatic heterocycles. The third kappa shape index (κ3) is 3.53. The van der Waals surface area contributed by atoms with Gasteiger partial charge in [0.05, 0.1) is 26.2 Å². The lowest BCUT2D eigenvalue weighted by atomic mass is 9.91. The molecule has 2 atom stereocenters. The molecule has 0 aliphatic carbocycles. The molecule has 1 N–H and O–H groups in total. The van der Waals surface area contributed by atoms with E-state index in [1.54, 1.807) is 11.0 Å². The van der Waals surface area contributed by atoms with E-state index in [2.05, 4.69) is 0 Å². The van der Waals surface area contributed by atoms with Gasteiger partial charge in [0.15, 0.2) is 11.6 Å². The minimum Gasteiger partial charge on any atom is -0.494 e. The van der Waals surface area contributed by atoms with Crippen molar-refractivity contribution in [1.29, 1.82) is 0 Å². The molecule has 116 valence electrons. The van der Waals surface area contributed by atoms with E-state index in [0.717, 1.165) is 12.8 Å². The summed E-state index contributed by atoms with van der Waals surface area (Å²) < 4.78 is 18.5. The number of carbonyl (C=O) groups excluding carboxylic acids is 1. The molecule has 1 aliphatic rings. The van der Waals surface area contributed by atoms with Crippen LogP contribution in [0.25, 0.3) is 0 Å². The Labute approximate surface area is 124 Å². The van der Waals surface area contributed by atoms with E-state index in [1.165, 1.54) is 19.2 Å². The number of rotatable bonds is 4. The van der Waals surface area contributed by atoms with E-state index in [-0.39, 0.29) is 30.7 Å². The van der Waals surface area contributed by atoms with E-state index in [4.69, 9.17) is 4.74 Å². The van der Waals surface area contributed by atoms with Crippen LogP contribution in [-0.2, 0) is 11.2 Å². The molecule has 2 rings (SSSR count). The van der Waals surface area contributed by atoms with E-state index < -0.39 is 5.82 Å². The number of piperidine rings is 1. The summed E-state index contributed by atoms with van der Waals surface area (Å²) in [5, 5.41) is 9.49. The number of likely N-dealkylation sites (tertiary alicyclic amines) is 1. The summed E-state index contributed by atoms with van der Waals surface area (Å²) in [6.45, 7) is 2.68. The summed E-state index contributed by atoms with van der Waals surface area (Å²) in [4.78, 5) is 14.1. The maximum atomic E-state index is 13.7. The molecule has 4 nitrogen and oxygen atoms in total. The minimum atomic E-state index is -0.464. The second kappa shape index (κ2) is 6.89. The van der Waals surface area contributed by atoms with E-state index in [1.807, 2.05) is 6.92 Å². The number of carbonyl (C=O) groups is 1. The number of aliphatic hydroxyl groups is 1. The highest BCUT2D eigenvalue weighted by atomic mass is 19.1. The number of hydrogen-bond acceptors (Lipinski definition) is 3. The Hall–Kier alpha value is -1.62. The van der Waals surface area contributed by atoms with Crippen LogP contribution in [0, 0.1) is 11.7 Å². The molecular formula is C16H22FNO3. The second-order valence-electron chi connectivity index (χ2n) is 5.60. The summed E-state index contributed by atoms with van der Waals surface area (Å²) in [5.41, 5.74) is 0.619. The predicted octanol–water partition coefficient (Wildman–Crippen LogP) is 2.00. The van der Waals surface area contributed by atoms with Gasteiger partial charge in [0.1, 0.15) is 0 Å². The zero-order valence-electron chi connectivity index (χ0n) is 12.5. The zero-order chi connectivity index (χ0) is 15.4. The van der Waals surface area contributed by atoms with Gasteiger partial charge in [-0.3, -0.25) is 4.79 Å². The molecule has 0 radical (unpaired) electrons. The Morgan fingerprint density at radius 1 is 1.52 bits per heavy atom. The first kappa shape index (κ1) is 15.8. The average molecular weight is 295 g/mol. The van der Waals surface area contributed by atoms with Crippen LogP contribution in [0.1, 0.15) is 25.3 Å². The Balaban J connectivity index is 2.08. The number of ether oxygens (including phenoxy) is 1. The van der Waals surface area contributed by atoms with Gasteiger partial charge in [0, 0.05) is 6.54 Å². The minimum absolute atomic E-state index is 0.0239. The fraction of sp³-hybridized carbons (Fsp3) is 0.562. The molecular weight excluding hydrogens is 273 g/mol. The quantitative estimate of drug-likeness (QED) is 0.924. The van der Waals surface area contributed by atoms with Gasteiger partial charge in [0.25, 0.3) is 0 Å². The summed E-state index contributed by atoms with van der Waals surface area (Å²) >= 11 is 0. The molecule has 0 bridgehead atoms. The molecule has 0 saturated carbocycles. The van der Waals surface area contributed by atoms with Crippen molar-refractivity contribution >= 4 is 5.91 Å². The van der Waals surface area contributed by atoms with Crippen molar-refractivity contribution in [1.82, 2.24) is 4.90 Å². The molecule has 1 aliphatic heterocycles. The van der Waals surface area contributed by atoms with Crippen LogP contribution in [0.3, 0.4) is 0 Å². The SMILES string of the molecule is COc1ccc(CC(=O)N2CCCC(C)C2CO)cc1F. The molecule has 2 unspecified atom stereocenters. The molecule has 1 aromatic carbocycles. The first-order valence-corrected chi connectivity index (χ1v) is 7.29. The fourth-order valence-electron chi connectivity index (χ4n) is 2.93. The van der Waals surface area contributed by atoms with Crippen molar-refractivity contribution in [2.75, 3.05) is 20.3 Å². The molecule has 21 heavy (non-hydrogen) atoms. The normalized spacial score (nSPS) is 22.2. The number of amides is 1. The predicted molar refractivity (Wildman–Crippen MR) is 77.6 cm³/mol. The van der Waals surface area contributed by atoms with Gasteiger partial charge in [-0.25, -0.2) is 4.39 Å². The third-order valence-electron chi connectivity index (χ3n) is 4.19. The van der Waals surface area contributed by atoms with Crippen molar-refractivity contribution in [2.24, 2.45) is 5.92 Å². The highest BCUT2D eigenvalue weighted by Crippen LogP contribution is 2.24. The standard InChI is InChI=1S/C16H22FNO3/c1-11-4-3-7-18(14(11)10-19)16(20)9-12-5-6-15(21-2)13(17)8-12/h5-6,8,11,14,19H,3-4,7,9-10H2,1-2H3. The number of aliphatic hydroxyl groups excluding tert-OH is 1. The number of benzene rings is 1. The Morgan fingerprint density at radius 2 is 2.29 bits per heavy atom. The summed E-state index contributed by atoms with van der Waals surface area (Å²) in [7, 11) is 1.41. The highest BCUT2D eigenvalue weighted by Gasteiger charge is 2.31. The molecule has 1 heterocycles. The van der Waals surface area contributed by atoms with Gasteiger partial charge >= 0.3 is 0 Å². The first-order valence-electron chi connectivity index (χ1n) is 7.29. The van der Waals surface area contributed by atoms with Gasteiger partial charge in [-0.1, -0.05) is 13.0 Å². The Bertz CT molecular complexity index is 506. The van der Waals surface area contributed by atoms with Crippen LogP contribution in [0.2, 0.25) is 0 Å². The maximum Gasteiger partial charge on any atom is 0.227 e. The Morgan fingerprint density at radius 3 is 2.90 bits per heavy atom. The van der Waals surface area contributed by atoms with Crippen LogP contribution in [0.5, 0.6) is 5.75 Å². The first-order chi connectivity index (χ1) is 10.1. The van der Waals surface area contributed by atoms with Crippen molar-refractivity contribution in [3.05, 3.63) is 29.6 Å². The molecule has 1 saturated heterocycles. The van der Waals surface area contributed by atoms with Gasteiger partial charge in [-0.05, 0) is 36.5 Å². The van der Waals surface area contributed by atoms with Crippen LogP contribution in [0.4, 0.5) is 4.39 Å². The van der Waals surface area contributed by atoms with Gasteiger partial charge in [-0.15, -0.1) is 0 Å². The van der Waals surface area contributed by atoms with Crippen molar-refractivity contribution in [3.63, 3.8) is 0 Å². The average Bonchev–Trinajstić information content (AvgIpc) is 2.47. The van der Waals surface area contributed by atoms with Crippen molar-refractivity contribution in [2.45, 2.75) is 32.2 Å².